The first-order chi connectivity index (χ1) is 11.1. The first-order valence-electron chi connectivity index (χ1n) is 8.15. The van der Waals surface area contributed by atoms with E-state index in [1.54, 1.807) is 22.8 Å². The number of ether oxygens (including phenoxy) is 1. The Balaban J connectivity index is 1.88. The van der Waals surface area contributed by atoms with E-state index in [1.165, 1.54) is 6.42 Å². The molecular weight excluding hydrogens is 312 g/mol. The topological polar surface area (TPSA) is 51.5 Å². The quantitative estimate of drug-likeness (QED) is 0.806. The molecule has 1 aliphatic heterocycles. The van der Waals surface area contributed by atoms with Gasteiger partial charge in [-0.3, -0.25) is 4.79 Å². The molecule has 1 fully saturated rings. The van der Waals surface area contributed by atoms with Crippen molar-refractivity contribution in [2.75, 3.05) is 13.2 Å². The molecule has 6 heteroatoms. The van der Waals surface area contributed by atoms with Gasteiger partial charge in [0.05, 0.1) is 16.8 Å². The maximum Gasteiger partial charge on any atom is 0.355 e. The third-order valence-electron chi connectivity index (χ3n) is 4.42. The van der Waals surface area contributed by atoms with Gasteiger partial charge in [0.15, 0.2) is 0 Å². The number of aromatic nitrogens is 1. The molecule has 23 heavy (non-hydrogen) atoms. The van der Waals surface area contributed by atoms with Gasteiger partial charge < -0.3 is 14.2 Å². The lowest BCUT2D eigenvalue weighted by atomic mass is 10.0. The molecule has 5 nitrogen and oxygen atoms in total. The number of amides is 1. The highest BCUT2D eigenvalue weighted by molar-refractivity contribution is 7.17. The molecule has 1 saturated heterocycles. The molecule has 0 aliphatic carbocycles. The molecule has 1 amide bonds. The summed E-state index contributed by atoms with van der Waals surface area (Å²) >= 11 is 1.57. The zero-order valence-electron chi connectivity index (χ0n) is 13.6. The standard InChI is InChI=1S/C17H22N2O3S/c1-3-22-17(21)14-10-15-13(7-9-23-15)19(14)11-16(20)18-8-5-4-6-12(18)2/h7,9-10,12H,3-6,8,11H2,1-2H3/t12-/m1/s1. The lowest BCUT2D eigenvalue weighted by molar-refractivity contribution is -0.135. The molecule has 0 N–H and O–H groups in total. The number of thiophene rings is 1. The fourth-order valence-electron chi connectivity index (χ4n) is 3.22. The van der Waals surface area contributed by atoms with Gasteiger partial charge in [0.1, 0.15) is 12.2 Å². The van der Waals surface area contributed by atoms with Crippen molar-refractivity contribution in [3.63, 3.8) is 0 Å². The fourth-order valence-corrected chi connectivity index (χ4v) is 4.04. The van der Waals surface area contributed by atoms with Crippen LogP contribution in [-0.2, 0) is 16.1 Å². The number of hydrogen-bond donors (Lipinski definition) is 0. The van der Waals surface area contributed by atoms with Crippen molar-refractivity contribution in [2.45, 2.75) is 45.7 Å². The van der Waals surface area contributed by atoms with Crippen LogP contribution in [0.15, 0.2) is 17.5 Å². The van der Waals surface area contributed by atoms with Crippen molar-refractivity contribution in [1.29, 1.82) is 0 Å². The summed E-state index contributed by atoms with van der Waals surface area (Å²) in [6, 6.07) is 4.05. The first-order valence-corrected chi connectivity index (χ1v) is 9.03. The van der Waals surface area contributed by atoms with Crippen LogP contribution in [0.2, 0.25) is 0 Å². The summed E-state index contributed by atoms with van der Waals surface area (Å²) in [7, 11) is 0. The summed E-state index contributed by atoms with van der Waals surface area (Å²) in [5.74, 6) is -0.290. The predicted molar refractivity (Wildman–Crippen MR) is 90.8 cm³/mol. The van der Waals surface area contributed by atoms with E-state index in [0.29, 0.717) is 12.3 Å². The normalized spacial score (nSPS) is 18.3. The summed E-state index contributed by atoms with van der Waals surface area (Å²) in [5.41, 5.74) is 1.39. The monoisotopic (exact) mass is 334 g/mol. The van der Waals surface area contributed by atoms with Crippen molar-refractivity contribution in [3.8, 4) is 0 Å². The number of piperidine rings is 1. The van der Waals surface area contributed by atoms with Crippen molar-refractivity contribution in [2.24, 2.45) is 0 Å². The van der Waals surface area contributed by atoms with E-state index in [2.05, 4.69) is 6.92 Å². The smallest absolute Gasteiger partial charge is 0.355 e. The zero-order chi connectivity index (χ0) is 16.4. The van der Waals surface area contributed by atoms with Crippen LogP contribution in [-0.4, -0.2) is 40.5 Å². The Kier molecular flexibility index (Phi) is 4.71. The second kappa shape index (κ2) is 6.74. The Labute approximate surface area is 139 Å². The van der Waals surface area contributed by atoms with Crippen LogP contribution in [0.4, 0.5) is 0 Å². The fraction of sp³-hybridized carbons (Fsp3) is 0.529. The first kappa shape index (κ1) is 16.1. The Morgan fingerprint density at radius 1 is 1.39 bits per heavy atom. The van der Waals surface area contributed by atoms with Crippen molar-refractivity contribution in [3.05, 3.63) is 23.2 Å². The third-order valence-corrected chi connectivity index (χ3v) is 5.28. The van der Waals surface area contributed by atoms with Gasteiger partial charge in [-0.1, -0.05) is 0 Å². The number of rotatable bonds is 4. The van der Waals surface area contributed by atoms with Crippen LogP contribution in [0.1, 0.15) is 43.6 Å². The minimum atomic E-state index is -0.365. The molecule has 0 saturated carbocycles. The summed E-state index contributed by atoms with van der Waals surface area (Å²) < 4.78 is 7.94. The van der Waals surface area contributed by atoms with Gasteiger partial charge in [-0.15, -0.1) is 11.3 Å². The summed E-state index contributed by atoms with van der Waals surface area (Å²) in [4.78, 5) is 26.9. The van der Waals surface area contributed by atoms with Crippen molar-refractivity contribution < 1.29 is 14.3 Å². The number of nitrogens with zero attached hydrogens (tertiary/aromatic N) is 2. The molecule has 0 radical (unpaired) electrons. The molecule has 1 atom stereocenters. The molecular formula is C17H22N2O3S. The molecule has 3 rings (SSSR count). The van der Waals surface area contributed by atoms with E-state index in [-0.39, 0.29) is 24.5 Å². The van der Waals surface area contributed by atoms with Crippen LogP contribution in [0.5, 0.6) is 0 Å². The minimum absolute atomic E-state index is 0.0754. The largest absolute Gasteiger partial charge is 0.461 e. The maximum absolute atomic E-state index is 12.7. The second-order valence-corrected chi connectivity index (χ2v) is 6.89. The van der Waals surface area contributed by atoms with Crippen molar-refractivity contribution in [1.82, 2.24) is 9.47 Å². The molecule has 3 heterocycles. The highest BCUT2D eigenvalue weighted by Gasteiger charge is 2.26. The highest BCUT2D eigenvalue weighted by atomic mass is 32.1. The van der Waals surface area contributed by atoms with E-state index >= 15 is 0 Å². The molecule has 0 unspecified atom stereocenters. The zero-order valence-corrected chi connectivity index (χ0v) is 14.4. The minimum Gasteiger partial charge on any atom is -0.461 e. The molecule has 1 aliphatic rings. The summed E-state index contributed by atoms with van der Waals surface area (Å²) in [6.45, 7) is 5.21. The van der Waals surface area contributed by atoms with Gasteiger partial charge in [-0.2, -0.15) is 0 Å². The number of likely N-dealkylation sites (tertiary alicyclic amines) is 1. The molecule has 2 aromatic heterocycles. The lowest BCUT2D eigenvalue weighted by Crippen LogP contribution is -2.43. The van der Waals surface area contributed by atoms with Gasteiger partial charge in [0, 0.05) is 12.6 Å². The number of carbonyl (C=O) groups is 2. The van der Waals surface area contributed by atoms with E-state index in [9.17, 15) is 9.59 Å². The van der Waals surface area contributed by atoms with Gasteiger partial charge in [0.2, 0.25) is 5.91 Å². The number of hydrogen-bond acceptors (Lipinski definition) is 4. The van der Waals surface area contributed by atoms with Crippen LogP contribution >= 0.6 is 11.3 Å². The Bertz CT molecular complexity index is 719. The van der Waals surface area contributed by atoms with E-state index in [1.807, 2.05) is 22.4 Å². The van der Waals surface area contributed by atoms with E-state index < -0.39 is 0 Å². The van der Waals surface area contributed by atoms with E-state index in [4.69, 9.17) is 4.74 Å². The Morgan fingerprint density at radius 3 is 2.96 bits per heavy atom. The number of esters is 1. The molecule has 2 aromatic rings. The lowest BCUT2D eigenvalue weighted by Gasteiger charge is -2.33. The third kappa shape index (κ3) is 3.13. The number of carbonyl (C=O) groups excluding carboxylic acids is 2. The second-order valence-electron chi connectivity index (χ2n) is 5.94. The van der Waals surface area contributed by atoms with Crippen LogP contribution in [0.25, 0.3) is 10.2 Å². The Morgan fingerprint density at radius 2 is 2.22 bits per heavy atom. The van der Waals surface area contributed by atoms with Gasteiger partial charge in [-0.05, 0) is 50.6 Å². The SMILES string of the molecule is CCOC(=O)c1cc2sccc2n1CC(=O)N1CCCC[C@H]1C. The molecule has 0 spiro atoms. The van der Waals surface area contributed by atoms with Gasteiger partial charge in [-0.25, -0.2) is 4.79 Å². The maximum atomic E-state index is 12.7. The summed E-state index contributed by atoms with van der Waals surface area (Å²) in [5, 5.41) is 1.98. The number of fused-ring (bicyclic) bond motifs is 1. The average molecular weight is 334 g/mol. The van der Waals surface area contributed by atoms with Crippen LogP contribution < -0.4 is 0 Å². The highest BCUT2D eigenvalue weighted by Crippen LogP contribution is 2.26. The summed E-state index contributed by atoms with van der Waals surface area (Å²) in [6.07, 6.45) is 3.29. The van der Waals surface area contributed by atoms with Crippen LogP contribution in [0, 0.1) is 0 Å². The molecule has 0 aromatic carbocycles. The molecule has 124 valence electrons. The van der Waals surface area contributed by atoms with Crippen LogP contribution in [0.3, 0.4) is 0 Å². The van der Waals surface area contributed by atoms with Crippen molar-refractivity contribution >= 4 is 33.4 Å². The van der Waals surface area contributed by atoms with Gasteiger partial charge >= 0.3 is 5.97 Å². The molecule has 0 bridgehead atoms. The Hall–Kier alpha value is -1.82. The van der Waals surface area contributed by atoms with Gasteiger partial charge in [0.25, 0.3) is 0 Å². The van der Waals surface area contributed by atoms with E-state index in [0.717, 1.165) is 29.6 Å². The average Bonchev–Trinajstić information content (AvgIpc) is 3.10. The predicted octanol–water partition coefficient (Wildman–Crippen LogP) is 3.28.